The minimum Gasteiger partial charge on any atom is -0.422 e. The van der Waals surface area contributed by atoms with Gasteiger partial charge in [-0.15, -0.1) is 11.3 Å². The Bertz CT molecular complexity index is 1880. The van der Waals surface area contributed by atoms with E-state index in [1.165, 1.54) is 16.8 Å². The van der Waals surface area contributed by atoms with Crippen molar-refractivity contribution in [3.05, 3.63) is 69.6 Å². The lowest BCUT2D eigenvalue weighted by molar-refractivity contribution is 0.398. The van der Waals surface area contributed by atoms with Gasteiger partial charge < -0.3 is 9.32 Å². The quantitative estimate of drug-likeness (QED) is 0.201. The van der Waals surface area contributed by atoms with E-state index in [2.05, 4.69) is 83.7 Å². The minimum atomic E-state index is -0.290. The molecule has 0 radical (unpaired) electrons. The van der Waals surface area contributed by atoms with Crippen LogP contribution in [0.1, 0.15) is 78.0 Å². The van der Waals surface area contributed by atoms with Crippen LogP contribution in [0.2, 0.25) is 0 Å². The summed E-state index contributed by atoms with van der Waals surface area (Å²) in [6, 6.07) is 14.9. The van der Waals surface area contributed by atoms with Crippen molar-refractivity contribution in [1.29, 1.82) is 0 Å². The van der Waals surface area contributed by atoms with E-state index in [4.69, 9.17) is 9.40 Å². The van der Waals surface area contributed by atoms with E-state index in [0.29, 0.717) is 5.56 Å². The average Bonchev–Trinajstić information content (AvgIpc) is 3.30. The summed E-state index contributed by atoms with van der Waals surface area (Å²) in [7, 11) is 0. The Labute approximate surface area is 233 Å². The number of nitrogens with zero attached hydrogens (tertiary/aromatic N) is 2. The molecule has 3 aromatic carbocycles. The van der Waals surface area contributed by atoms with Crippen molar-refractivity contribution < 1.29 is 4.42 Å². The maximum Gasteiger partial charge on any atom is 0.346 e. The molecule has 7 rings (SSSR count). The van der Waals surface area contributed by atoms with Crippen LogP contribution in [-0.4, -0.2) is 18.1 Å². The summed E-state index contributed by atoms with van der Waals surface area (Å²) in [5.41, 5.74) is 6.66. The van der Waals surface area contributed by atoms with Gasteiger partial charge in [0.05, 0.1) is 10.2 Å². The number of fused-ring (bicyclic) bond motifs is 5. The van der Waals surface area contributed by atoms with Gasteiger partial charge in [-0.1, -0.05) is 78.8 Å². The minimum absolute atomic E-state index is 0.0441. The fourth-order valence-electron chi connectivity index (χ4n) is 6.97. The topological polar surface area (TPSA) is 46.3 Å². The molecule has 0 bridgehead atoms. The van der Waals surface area contributed by atoms with Gasteiger partial charge in [0.1, 0.15) is 16.2 Å². The van der Waals surface area contributed by atoms with Crippen molar-refractivity contribution in [2.45, 2.75) is 77.6 Å². The zero-order chi connectivity index (χ0) is 27.5. The Hall–Kier alpha value is -3.18. The molecule has 5 aromatic rings. The van der Waals surface area contributed by atoms with Crippen molar-refractivity contribution in [3.63, 3.8) is 0 Å². The first-order valence-electron chi connectivity index (χ1n) is 14.1. The first-order chi connectivity index (χ1) is 18.4. The zero-order valence-corrected chi connectivity index (χ0v) is 24.8. The Morgan fingerprint density at radius 3 is 2.41 bits per heavy atom. The van der Waals surface area contributed by atoms with Gasteiger partial charge in [-0.25, -0.2) is 9.78 Å². The van der Waals surface area contributed by atoms with Gasteiger partial charge in [0, 0.05) is 35.1 Å². The van der Waals surface area contributed by atoms with Crippen LogP contribution < -0.4 is 10.5 Å². The van der Waals surface area contributed by atoms with Crippen molar-refractivity contribution in [1.82, 2.24) is 4.98 Å². The van der Waals surface area contributed by atoms with Crippen LogP contribution >= 0.6 is 11.3 Å². The number of aromatic nitrogens is 1. The molecular formula is C34H36N2O2S. The molecule has 2 aliphatic rings. The summed E-state index contributed by atoms with van der Waals surface area (Å²) in [5.74, 6) is 0. The molecule has 200 valence electrons. The van der Waals surface area contributed by atoms with Crippen molar-refractivity contribution in [3.8, 4) is 10.6 Å². The third-order valence-electron chi connectivity index (χ3n) is 9.15. The van der Waals surface area contributed by atoms with Crippen LogP contribution in [0.5, 0.6) is 0 Å². The highest BCUT2D eigenvalue weighted by Gasteiger charge is 2.43. The number of rotatable bonds is 1. The second-order valence-corrected chi connectivity index (χ2v) is 14.9. The Balaban J connectivity index is 1.63. The largest absolute Gasteiger partial charge is 0.422 e. The van der Waals surface area contributed by atoms with Gasteiger partial charge in [0.15, 0.2) is 0 Å². The standard InChI is InChI=1S/C34H36N2O2S/c1-32(2,3)25-21-18-22-28-26(34(6,7)15-17-36(28)16-14-33(22,4)5)29(21)38-31(37)24(25)30-35-27-20-11-9-8-10-19(20)12-13-23(27)39-30/h8-13,18H,14-17H2,1-7H3. The normalized spacial score (nSPS) is 18.2. The molecule has 0 amide bonds. The molecule has 5 heteroatoms. The number of benzene rings is 3. The molecule has 39 heavy (non-hydrogen) atoms. The molecule has 4 nitrogen and oxygen atoms in total. The SMILES string of the molecule is CC(C)(C)c1c(-c2nc3c(ccc4ccccc43)s2)c(=O)oc2c3c4c(cc12)C(C)(C)CCN4CCC3(C)C. The molecule has 0 fully saturated rings. The van der Waals surface area contributed by atoms with Crippen LogP contribution in [0.4, 0.5) is 5.69 Å². The van der Waals surface area contributed by atoms with Crippen LogP contribution in [0.15, 0.2) is 51.7 Å². The summed E-state index contributed by atoms with van der Waals surface area (Å²) in [5, 5.41) is 4.08. The third-order valence-corrected chi connectivity index (χ3v) is 10.2. The van der Waals surface area contributed by atoms with E-state index in [-0.39, 0.29) is 21.9 Å². The maximum absolute atomic E-state index is 14.1. The first-order valence-corrected chi connectivity index (χ1v) is 14.9. The van der Waals surface area contributed by atoms with Crippen LogP contribution in [0, 0.1) is 0 Å². The van der Waals surface area contributed by atoms with E-state index >= 15 is 0 Å². The Kier molecular flexibility index (Phi) is 5.06. The lowest BCUT2D eigenvalue weighted by Gasteiger charge is -2.48. The Morgan fingerprint density at radius 2 is 1.67 bits per heavy atom. The number of anilines is 1. The third kappa shape index (κ3) is 3.55. The fourth-order valence-corrected chi connectivity index (χ4v) is 7.99. The van der Waals surface area contributed by atoms with E-state index in [1.54, 1.807) is 11.3 Å². The smallest absolute Gasteiger partial charge is 0.346 e. The molecule has 0 N–H and O–H groups in total. The molecule has 0 saturated heterocycles. The van der Waals surface area contributed by atoms with E-state index < -0.39 is 0 Å². The highest BCUT2D eigenvalue weighted by molar-refractivity contribution is 7.21. The first kappa shape index (κ1) is 24.8. The second kappa shape index (κ2) is 7.94. The van der Waals surface area contributed by atoms with Crippen LogP contribution in [-0.2, 0) is 16.2 Å². The molecule has 2 aromatic heterocycles. The molecular weight excluding hydrogens is 500 g/mol. The molecule has 0 spiro atoms. The molecule has 0 aliphatic carbocycles. The van der Waals surface area contributed by atoms with Crippen molar-refractivity contribution in [2.24, 2.45) is 0 Å². The highest BCUT2D eigenvalue weighted by atomic mass is 32.1. The van der Waals surface area contributed by atoms with E-state index in [0.717, 1.165) is 68.5 Å². The molecule has 0 saturated carbocycles. The molecule has 0 unspecified atom stereocenters. The summed E-state index contributed by atoms with van der Waals surface area (Å²) in [6.45, 7) is 18.1. The molecule has 4 heterocycles. The molecule has 2 aliphatic heterocycles. The lowest BCUT2D eigenvalue weighted by atomic mass is 9.68. The summed E-state index contributed by atoms with van der Waals surface area (Å²) < 4.78 is 7.51. The van der Waals surface area contributed by atoms with E-state index in [9.17, 15) is 4.79 Å². The van der Waals surface area contributed by atoms with Gasteiger partial charge >= 0.3 is 5.63 Å². The summed E-state index contributed by atoms with van der Waals surface area (Å²) in [6.07, 6.45) is 2.16. The second-order valence-electron chi connectivity index (χ2n) is 13.8. The monoisotopic (exact) mass is 536 g/mol. The van der Waals surface area contributed by atoms with Gasteiger partial charge in [0.25, 0.3) is 0 Å². The van der Waals surface area contributed by atoms with E-state index in [1.807, 2.05) is 12.1 Å². The number of hydrogen-bond acceptors (Lipinski definition) is 5. The number of hydrogen-bond donors (Lipinski definition) is 0. The average molecular weight is 537 g/mol. The Morgan fingerprint density at radius 1 is 0.949 bits per heavy atom. The zero-order valence-electron chi connectivity index (χ0n) is 24.0. The lowest BCUT2D eigenvalue weighted by Crippen LogP contribution is -2.45. The summed E-state index contributed by atoms with van der Waals surface area (Å²) >= 11 is 1.59. The van der Waals surface area contributed by atoms with Crippen molar-refractivity contribution in [2.75, 3.05) is 18.0 Å². The highest BCUT2D eigenvalue weighted by Crippen LogP contribution is 2.53. The maximum atomic E-state index is 14.1. The predicted octanol–water partition coefficient (Wildman–Crippen LogP) is 8.69. The van der Waals surface area contributed by atoms with Gasteiger partial charge in [-0.2, -0.15) is 0 Å². The summed E-state index contributed by atoms with van der Waals surface area (Å²) in [4.78, 5) is 21.7. The van der Waals surface area contributed by atoms with Gasteiger partial charge in [-0.05, 0) is 57.7 Å². The van der Waals surface area contributed by atoms with Gasteiger partial charge in [-0.3, -0.25) is 0 Å². The molecule has 0 atom stereocenters. The fraction of sp³-hybridized carbons (Fsp3) is 0.412. The van der Waals surface area contributed by atoms with Crippen molar-refractivity contribution >= 4 is 49.0 Å². The van der Waals surface area contributed by atoms with Gasteiger partial charge in [0.2, 0.25) is 0 Å². The van der Waals surface area contributed by atoms with Crippen LogP contribution in [0.3, 0.4) is 0 Å². The van der Waals surface area contributed by atoms with Crippen LogP contribution in [0.25, 0.3) is 42.5 Å². The predicted molar refractivity (Wildman–Crippen MR) is 165 cm³/mol. The number of thiazole rings is 1.